The van der Waals surface area contributed by atoms with E-state index in [1.807, 2.05) is 30.3 Å². The van der Waals surface area contributed by atoms with Gasteiger partial charge in [-0.05, 0) is 37.1 Å². The Hall–Kier alpha value is -2.29. The van der Waals surface area contributed by atoms with Gasteiger partial charge in [0.2, 0.25) is 0 Å². The van der Waals surface area contributed by atoms with Crippen molar-refractivity contribution in [1.82, 2.24) is 20.6 Å². The number of aromatic nitrogens is 2. The van der Waals surface area contributed by atoms with Crippen molar-refractivity contribution < 1.29 is 4.74 Å². The summed E-state index contributed by atoms with van der Waals surface area (Å²) in [4.78, 5) is 12.2. The Morgan fingerprint density at radius 3 is 2.57 bits per heavy atom. The van der Waals surface area contributed by atoms with E-state index in [-0.39, 0.29) is 24.0 Å². The third-order valence-electron chi connectivity index (χ3n) is 4.44. The molecule has 0 aliphatic carbocycles. The van der Waals surface area contributed by atoms with E-state index in [9.17, 15) is 0 Å². The van der Waals surface area contributed by atoms with Gasteiger partial charge in [-0.2, -0.15) is 0 Å². The highest BCUT2D eigenvalue weighted by Gasteiger charge is 2.05. The zero-order valence-corrected chi connectivity index (χ0v) is 18.9. The summed E-state index contributed by atoms with van der Waals surface area (Å²) in [6, 6.07) is 14.3. The molecule has 3 aromatic rings. The van der Waals surface area contributed by atoms with E-state index in [4.69, 9.17) is 4.74 Å². The minimum atomic E-state index is 0. The van der Waals surface area contributed by atoms with Crippen LogP contribution in [0, 0.1) is 6.92 Å². The lowest BCUT2D eigenvalue weighted by Crippen LogP contribution is -2.39. The molecule has 1 heterocycles. The number of hydrogen-bond donors (Lipinski definition) is 3. The average molecular weight is 493 g/mol. The Morgan fingerprint density at radius 1 is 1.11 bits per heavy atom. The molecule has 1 aromatic heterocycles. The van der Waals surface area contributed by atoms with Gasteiger partial charge in [0.15, 0.2) is 5.96 Å². The Balaban J connectivity index is 0.00000280. The fraction of sp³-hybridized carbons (Fsp3) is 0.333. The van der Waals surface area contributed by atoms with Crippen molar-refractivity contribution in [2.24, 2.45) is 4.99 Å². The summed E-state index contributed by atoms with van der Waals surface area (Å²) in [7, 11) is 3.49. The molecule has 28 heavy (non-hydrogen) atoms. The number of H-pyrrole nitrogens is 1. The van der Waals surface area contributed by atoms with Crippen molar-refractivity contribution in [2.75, 3.05) is 27.2 Å². The lowest BCUT2D eigenvalue weighted by Gasteiger charge is -2.13. The van der Waals surface area contributed by atoms with Crippen molar-refractivity contribution in [3.63, 3.8) is 0 Å². The number of halogens is 1. The van der Waals surface area contributed by atoms with Gasteiger partial charge < -0.3 is 20.4 Å². The van der Waals surface area contributed by atoms with Gasteiger partial charge in [0, 0.05) is 26.6 Å². The van der Waals surface area contributed by atoms with Crippen LogP contribution in [-0.2, 0) is 12.8 Å². The van der Waals surface area contributed by atoms with E-state index in [1.54, 1.807) is 14.2 Å². The van der Waals surface area contributed by atoms with Crippen molar-refractivity contribution in [2.45, 2.75) is 19.8 Å². The van der Waals surface area contributed by atoms with Gasteiger partial charge in [0.05, 0.1) is 18.1 Å². The summed E-state index contributed by atoms with van der Waals surface area (Å²) in [5, 5.41) is 6.69. The molecular formula is C21H28IN5O. The molecule has 0 spiro atoms. The molecule has 0 saturated carbocycles. The van der Waals surface area contributed by atoms with Crippen molar-refractivity contribution in [3.8, 4) is 5.75 Å². The molecule has 0 bridgehead atoms. The molecule has 0 aliphatic heterocycles. The third kappa shape index (κ3) is 5.85. The Bertz CT molecular complexity index is 889. The number of methoxy groups -OCH3 is 1. The molecule has 0 radical (unpaired) electrons. The first-order valence-corrected chi connectivity index (χ1v) is 9.21. The SMILES string of the molecule is CN=C(NCCc1nc2ccccc2[nH]1)NCCc1cc(C)ccc1OC.I. The van der Waals surface area contributed by atoms with E-state index in [1.165, 1.54) is 11.1 Å². The number of ether oxygens (including phenoxy) is 1. The number of para-hydroxylation sites is 2. The lowest BCUT2D eigenvalue weighted by molar-refractivity contribution is 0.409. The summed E-state index contributed by atoms with van der Waals surface area (Å²) < 4.78 is 5.44. The van der Waals surface area contributed by atoms with Crippen LogP contribution >= 0.6 is 24.0 Å². The number of fused-ring (bicyclic) bond motifs is 1. The predicted octanol–water partition coefficient (Wildman–Crippen LogP) is 3.45. The number of aryl methyl sites for hydroxylation is 1. The highest BCUT2D eigenvalue weighted by Crippen LogP contribution is 2.19. The van der Waals surface area contributed by atoms with Crippen molar-refractivity contribution in [3.05, 3.63) is 59.4 Å². The second-order valence-corrected chi connectivity index (χ2v) is 6.44. The van der Waals surface area contributed by atoms with E-state index in [2.05, 4.69) is 44.7 Å². The number of rotatable bonds is 7. The van der Waals surface area contributed by atoms with Crippen LogP contribution in [0.3, 0.4) is 0 Å². The number of hydrogen-bond acceptors (Lipinski definition) is 3. The summed E-state index contributed by atoms with van der Waals surface area (Å²) in [6.07, 6.45) is 1.68. The molecule has 6 nitrogen and oxygen atoms in total. The van der Waals surface area contributed by atoms with Gasteiger partial charge in [-0.1, -0.05) is 29.8 Å². The zero-order valence-electron chi connectivity index (χ0n) is 16.6. The standard InChI is InChI=1S/C21H27N5O.HI/c1-15-8-9-19(27-3)16(14-15)10-12-23-21(22-2)24-13-11-20-25-17-6-4-5-7-18(17)26-20;/h4-9,14H,10-13H2,1-3H3,(H,25,26)(H2,22,23,24);1H. The normalized spacial score (nSPS) is 11.2. The lowest BCUT2D eigenvalue weighted by atomic mass is 10.1. The van der Waals surface area contributed by atoms with E-state index in [0.717, 1.165) is 54.5 Å². The monoisotopic (exact) mass is 493 g/mol. The fourth-order valence-corrected chi connectivity index (χ4v) is 3.06. The maximum atomic E-state index is 5.44. The minimum absolute atomic E-state index is 0. The highest BCUT2D eigenvalue weighted by molar-refractivity contribution is 14.0. The Morgan fingerprint density at radius 2 is 1.86 bits per heavy atom. The molecule has 3 N–H and O–H groups in total. The number of aliphatic imine (C=N–C) groups is 1. The molecule has 7 heteroatoms. The van der Waals surface area contributed by atoms with Crippen LogP contribution in [0.25, 0.3) is 11.0 Å². The molecule has 0 amide bonds. The molecule has 0 unspecified atom stereocenters. The second-order valence-electron chi connectivity index (χ2n) is 6.44. The van der Waals surface area contributed by atoms with Gasteiger partial charge in [-0.3, -0.25) is 4.99 Å². The average Bonchev–Trinajstić information content (AvgIpc) is 3.09. The fourth-order valence-electron chi connectivity index (χ4n) is 3.06. The van der Waals surface area contributed by atoms with Gasteiger partial charge in [-0.15, -0.1) is 24.0 Å². The maximum absolute atomic E-state index is 5.44. The van der Waals surface area contributed by atoms with Crippen LogP contribution in [0.15, 0.2) is 47.5 Å². The zero-order chi connectivity index (χ0) is 19.1. The number of aromatic amines is 1. The van der Waals surface area contributed by atoms with Crippen LogP contribution in [0.2, 0.25) is 0 Å². The number of nitrogens with zero attached hydrogens (tertiary/aromatic N) is 2. The van der Waals surface area contributed by atoms with Gasteiger partial charge >= 0.3 is 0 Å². The third-order valence-corrected chi connectivity index (χ3v) is 4.44. The van der Waals surface area contributed by atoms with Crippen LogP contribution in [0.5, 0.6) is 5.75 Å². The van der Waals surface area contributed by atoms with E-state index >= 15 is 0 Å². The summed E-state index contributed by atoms with van der Waals surface area (Å²) in [6.45, 7) is 3.63. The molecule has 0 aliphatic rings. The quantitative estimate of drug-likeness (QED) is 0.268. The van der Waals surface area contributed by atoms with Crippen LogP contribution in [0.4, 0.5) is 0 Å². The topological polar surface area (TPSA) is 74.3 Å². The van der Waals surface area contributed by atoms with Crippen LogP contribution < -0.4 is 15.4 Å². The minimum Gasteiger partial charge on any atom is -0.496 e. The van der Waals surface area contributed by atoms with Crippen molar-refractivity contribution in [1.29, 1.82) is 0 Å². The van der Waals surface area contributed by atoms with E-state index < -0.39 is 0 Å². The first-order chi connectivity index (χ1) is 13.2. The van der Waals surface area contributed by atoms with Gasteiger partial charge in [0.25, 0.3) is 0 Å². The Kier molecular flexibility index (Phi) is 8.56. The molecule has 2 aromatic carbocycles. The summed E-state index contributed by atoms with van der Waals surface area (Å²) in [5.41, 5.74) is 4.51. The number of benzene rings is 2. The summed E-state index contributed by atoms with van der Waals surface area (Å²) >= 11 is 0. The smallest absolute Gasteiger partial charge is 0.191 e. The van der Waals surface area contributed by atoms with Crippen LogP contribution in [-0.4, -0.2) is 43.2 Å². The first-order valence-electron chi connectivity index (χ1n) is 9.21. The Labute approximate surface area is 183 Å². The van der Waals surface area contributed by atoms with Crippen molar-refractivity contribution >= 4 is 41.0 Å². The molecule has 0 saturated heterocycles. The molecule has 3 rings (SSSR count). The largest absolute Gasteiger partial charge is 0.496 e. The van der Waals surface area contributed by atoms with Crippen LogP contribution in [0.1, 0.15) is 17.0 Å². The number of guanidine groups is 1. The number of nitrogens with one attached hydrogen (secondary N) is 3. The summed E-state index contributed by atoms with van der Waals surface area (Å²) in [5.74, 6) is 2.69. The van der Waals surface area contributed by atoms with E-state index in [0.29, 0.717) is 0 Å². The second kappa shape index (κ2) is 10.9. The molecule has 0 fully saturated rings. The number of imidazole rings is 1. The molecule has 150 valence electrons. The maximum Gasteiger partial charge on any atom is 0.191 e. The van der Waals surface area contributed by atoms with Gasteiger partial charge in [-0.25, -0.2) is 4.98 Å². The highest BCUT2D eigenvalue weighted by atomic mass is 127. The first kappa shape index (κ1) is 22.0. The molecular weight excluding hydrogens is 465 g/mol. The van der Waals surface area contributed by atoms with Gasteiger partial charge in [0.1, 0.15) is 11.6 Å². The predicted molar refractivity (Wildman–Crippen MR) is 126 cm³/mol. The molecule has 0 atom stereocenters.